The molecule has 0 spiro atoms. The van der Waals surface area contributed by atoms with E-state index < -0.39 is 0 Å². The third-order valence-electron chi connectivity index (χ3n) is 6.37. The van der Waals surface area contributed by atoms with Crippen LogP contribution < -0.4 is 21.5 Å². The number of fused-ring (bicyclic) bond motifs is 1. The van der Waals surface area contributed by atoms with Crippen LogP contribution in [0.2, 0.25) is 0 Å². The topological polar surface area (TPSA) is 139 Å². The first-order chi connectivity index (χ1) is 16.4. The molecule has 0 aromatic carbocycles. The van der Waals surface area contributed by atoms with Gasteiger partial charge in [-0.1, -0.05) is 12.8 Å². The molecule has 0 amide bonds. The van der Waals surface area contributed by atoms with E-state index in [4.69, 9.17) is 5.73 Å². The Morgan fingerprint density at radius 2 is 1.97 bits per heavy atom. The summed E-state index contributed by atoms with van der Waals surface area (Å²) in [5.41, 5.74) is 7.60. The summed E-state index contributed by atoms with van der Waals surface area (Å²) >= 11 is 0. The number of ketones is 1. The van der Waals surface area contributed by atoms with Crippen molar-refractivity contribution < 1.29 is 9.90 Å². The van der Waals surface area contributed by atoms with Crippen molar-refractivity contribution in [3.63, 3.8) is 0 Å². The number of halogens is 1. The molecule has 1 aliphatic carbocycles. The van der Waals surface area contributed by atoms with E-state index in [-0.39, 0.29) is 42.0 Å². The number of pyridine rings is 2. The molecule has 3 aromatic rings. The summed E-state index contributed by atoms with van der Waals surface area (Å²) in [5, 5.41) is 13.1. The van der Waals surface area contributed by atoms with E-state index in [1.54, 1.807) is 30.0 Å². The molecule has 11 heteroatoms. The first kappa shape index (κ1) is 26.5. The number of carbonyl (C=O) groups excluding carboxylic acids is 1. The van der Waals surface area contributed by atoms with Gasteiger partial charge in [-0.25, -0.2) is 9.97 Å². The third kappa shape index (κ3) is 5.44. The lowest BCUT2D eigenvalue weighted by Gasteiger charge is -2.23. The lowest BCUT2D eigenvalue weighted by atomic mass is 10.0. The number of nitrogens with zero attached hydrogens (tertiary/aromatic N) is 5. The zero-order valence-corrected chi connectivity index (χ0v) is 20.8. The van der Waals surface area contributed by atoms with E-state index in [1.807, 2.05) is 11.0 Å². The lowest BCUT2D eigenvalue weighted by molar-refractivity contribution is 0.101. The average molecular weight is 502 g/mol. The van der Waals surface area contributed by atoms with E-state index in [0.29, 0.717) is 48.0 Å². The molecule has 4 rings (SSSR count). The van der Waals surface area contributed by atoms with Crippen LogP contribution >= 0.6 is 12.4 Å². The van der Waals surface area contributed by atoms with Crippen molar-refractivity contribution in [2.45, 2.75) is 45.6 Å². The summed E-state index contributed by atoms with van der Waals surface area (Å²) in [5.74, 6) is 0.627. The highest BCUT2D eigenvalue weighted by atomic mass is 35.5. The molecule has 10 nitrogen and oxygen atoms in total. The second kappa shape index (κ2) is 11.6. The molecule has 1 saturated carbocycles. The fourth-order valence-electron chi connectivity index (χ4n) is 4.72. The van der Waals surface area contributed by atoms with Crippen molar-refractivity contribution in [3.8, 4) is 0 Å². The van der Waals surface area contributed by atoms with Crippen LogP contribution in [0.25, 0.3) is 11.0 Å². The lowest BCUT2D eigenvalue weighted by Crippen LogP contribution is -2.32. The second-order valence-electron chi connectivity index (χ2n) is 8.63. The number of anilines is 3. The first-order valence-electron chi connectivity index (χ1n) is 11.7. The molecular formula is C24H32ClN7O3. The Hall–Kier alpha value is -3.08. The van der Waals surface area contributed by atoms with Crippen molar-refractivity contribution in [1.29, 1.82) is 0 Å². The van der Waals surface area contributed by atoms with Gasteiger partial charge in [0, 0.05) is 37.3 Å². The number of aromatic nitrogens is 4. The van der Waals surface area contributed by atoms with Crippen LogP contribution in [0.4, 0.5) is 17.5 Å². The molecule has 35 heavy (non-hydrogen) atoms. The van der Waals surface area contributed by atoms with Crippen LogP contribution in [0, 0.1) is 6.92 Å². The molecule has 1 fully saturated rings. The first-order valence-corrected chi connectivity index (χ1v) is 11.7. The Morgan fingerprint density at radius 3 is 2.57 bits per heavy atom. The SMILES string of the molecule is CC(=O)c1c(C)c2cnc(Nc3ccc(N(CCN)CCO)cn3)nc2n(C2CCCC2)c1=O.Cl. The Balaban J connectivity index is 0.00000342. The summed E-state index contributed by atoms with van der Waals surface area (Å²) in [6.45, 7) is 4.78. The second-order valence-corrected chi connectivity index (χ2v) is 8.63. The number of aryl methyl sites for hydroxylation is 1. The summed E-state index contributed by atoms with van der Waals surface area (Å²) in [7, 11) is 0. The number of aliphatic hydroxyl groups is 1. The van der Waals surface area contributed by atoms with Gasteiger partial charge in [-0.3, -0.25) is 14.2 Å². The molecule has 3 heterocycles. The zero-order chi connectivity index (χ0) is 24.2. The van der Waals surface area contributed by atoms with E-state index >= 15 is 0 Å². The molecule has 188 valence electrons. The highest BCUT2D eigenvalue weighted by Crippen LogP contribution is 2.32. The van der Waals surface area contributed by atoms with E-state index in [1.165, 1.54) is 6.92 Å². The molecule has 3 aromatic heterocycles. The molecule has 1 aliphatic rings. The van der Waals surface area contributed by atoms with Gasteiger partial charge >= 0.3 is 0 Å². The van der Waals surface area contributed by atoms with E-state index in [9.17, 15) is 14.7 Å². The van der Waals surface area contributed by atoms with Crippen LogP contribution in [0.3, 0.4) is 0 Å². The minimum absolute atomic E-state index is 0. The normalized spacial score (nSPS) is 13.6. The number of nitrogens with one attached hydrogen (secondary N) is 1. The Morgan fingerprint density at radius 1 is 1.23 bits per heavy atom. The van der Waals surface area contributed by atoms with Crippen LogP contribution in [0.5, 0.6) is 0 Å². The highest BCUT2D eigenvalue weighted by molar-refractivity contribution is 5.99. The fourth-order valence-corrected chi connectivity index (χ4v) is 4.72. The number of hydrogen-bond donors (Lipinski definition) is 3. The monoisotopic (exact) mass is 501 g/mol. The van der Waals surface area contributed by atoms with Gasteiger partial charge in [0.25, 0.3) is 5.56 Å². The van der Waals surface area contributed by atoms with E-state index in [2.05, 4.69) is 20.3 Å². The van der Waals surface area contributed by atoms with Crippen LogP contribution in [0.15, 0.2) is 29.3 Å². The quantitative estimate of drug-likeness (QED) is 0.377. The van der Waals surface area contributed by atoms with Gasteiger partial charge in [0.05, 0.1) is 24.1 Å². The fraction of sp³-hybridized carbons (Fsp3) is 0.458. The van der Waals surface area contributed by atoms with E-state index in [0.717, 1.165) is 31.4 Å². The van der Waals surface area contributed by atoms with Gasteiger partial charge in [0.1, 0.15) is 11.5 Å². The van der Waals surface area contributed by atoms with Gasteiger partial charge in [0.2, 0.25) is 5.95 Å². The van der Waals surface area contributed by atoms with Gasteiger partial charge in [0.15, 0.2) is 5.78 Å². The van der Waals surface area contributed by atoms with Crippen molar-refractivity contribution in [2.75, 3.05) is 36.5 Å². The van der Waals surface area contributed by atoms with Crippen molar-refractivity contribution in [1.82, 2.24) is 19.5 Å². The summed E-state index contributed by atoms with van der Waals surface area (Å²) in [6.07, 6.45) is 7.23. The minimum atomic E-state index is -0.277. The minimum Gasteiger partial charge on any atom is -0.395 e. The van der Waals surface area contributed by atoms with Crippen LogP contribution in [0.1, 0.15) is 54.6 Å². The Labute approximate surface area is 210 Å². The zero-order valence-electron chi connectivity index (χ0n) is 20.0. The standard InChI is InChI=1S/C24H31N7O3.ClH/c1-15-19-14-27-24(28-20-8-7-18(13-26-20)30(10-9-25)11-12-32)29-22(19)31(17-5-3-4-6-17)23(34)21(15)16(2)33;/h7-8,13-14,17,32H,3-6,9-12,25H2,1-2H3,(H,26,27,28,29);1H. The van der Waals surface area contributed by atoms with Crippen LogP contribution in [-0.4, -0.2) is 56.6 Å². The molecule has 0 radical (unpaired) electrons. The maximum atomic E-state index is 13.3. The van der Waals surface area contributed by atoms with Crippen molar-refractivity contribution in [3.05, 3.63) is 46.0 Å². The van der Waals surface area contributed by atoms with Crippen molar-refractivity contribution >= 4 is 46.7 Å². The largest absolute Gasteiger partial charge is 0.395 e. The molecule has 0 atom stereocenters. The maximum absolute atomic E-state index is 13.3. The Kier molecular flexibility index (Phi) is 8.76. The third-order valence-corrected chi connectivity index (χ3v) is 6.37. The van der Waals surface area contributed by atoms with Gasteiger partial charge in [-0.2, -0.15) is 4.98 Å². The van der Waals surface area contributed by atoms with Gasteiger partial charge in [-0.15, -0.1) is 12.4 Å². The number of aliphatic hydroxyl groups excluding tert-OH is 1. The van der Waals surface area contributed by atoms with Crippen LogP contribution in [-0.2, 0) is 0 Å². The van der Waals surface area contributed by atoms with Crippen molar-refractivity contribution in [2.24, 2.45) is 5.73 Å². The average Bonchev–Trinajstić information content (AvgIpc) is 3.34. The smallest absolute Gasteiger partial charge is 0.263 e. The maximum Gasteiger partial charge on any atom is 0.263 e. The summed E-state index contributed by atoms with van der Waals surface area (Å²) in [6, 6.07) is 3.71. The highest BCUT2D eigenvalue weighted by Gasteiger charge is 2.25. The predicted octanol–water partition coefficient (Wildman–Crippen LogP) is 2.74. The number of carbonyl (C=O) groups is 1. The molecule has 0 saturated heterocycles. The summed E-state index contributed by atoms with van der Waals surface area (Å²) in [4.78, 5) is 41.1. The number of rotatable bonds is 9. The number of hydrogen-bond acceptors (Lipinski definition) is 9. The molecule has 0 aliphatic heterocycles. The molecule has 0 unspecified atom stereocenters. The number of nitrogens with two attached hydrogens (primary N) is 1. The molecule has 0 bridgehead atoms. The summed E-state index contributed by atoms with van der Waals surface area (Å²) < 4.78 is 1.69. The molecular weight excluding hydrogens is 470 g/mol. The number of Topliss-reactive ketones (excluding diaryl/α,β-unsaturated/α-hetero) is 1. The predicted molar refractivity (Wildman–Crippen MR) is 139 cm³/mol. The van der Waals surface area contributed by atoms with Gasteiger partial charge < -0.3 is 21.1 Å². The molecule has 4 N–H and O–H groups in total. The Bertz CT molecular complexity index is 1230. The van der Waals surface area contributed by atoms with Gasteiger partial charge in [-0.05, 0) is 44.4 Å².